The Morgan fingerprint density at radius 3 is 2.52 bits per heavy atom. The summed E-state index contributed by atoms with van der Waals surface area (Å²) < 4.78 is 5.50. The summed E-state index contributed by atoms with van der Waals surface area (Å²) in [6.07, 6.45) is 13.8. The number of amides is 1. The SMILES string of the molecule is CCCCCCCCCC(=O)OC(C)N1C=CC=C(C(=O)NCC)C1. The standard InChI is InChI=1S/C20H34N2O3/c1-4-6-7-8-9-10-11-14-19(23)25-17(3)22-15-12-13-18(16-22)20(24)21-5-2/h12-13,15,17H,4-11,14,16H2,1-3H3,(H,21,24). The predicted molar refractivity (Wildman–Crippen MR) is 101 cm³/mol. The summed E-state index contributed by atoms with van der Waals surface area (Å²) in [4.78, 5) is 25.8. The number of hydrogen-bond acceptors (Lipinski definition) is 4. The Balaban J connectivity index is 2.23. The lowest BCUT2D eigenvalue weighted by molar-refractivity contribution is -0.155. The van der Waals surface area contributed by atoms with Gasteiger partial charge in [-0.1, -0.05) is 51.5 Å². The molecule has 0 aliphatic carbocycles. The third-order valence-electron chi connectivity index (χ3n) is 4.31. The molecule has 1 aliphatic heterocycles. The van der Waals surface area contributed by atoms with Crippen molar-refractivity contribution in [2.45, 2.75) is 78.4 Å². The Hall–Kier alpha value is -1.78. The van der Waals surface area contributed by atoms with E-state index in [1.54, 1.807) is 6.08 Å². The fourth-order valence-corrected chi connectivity index (χ4v) is 2.79. The molecule has 5 nitrogen and oxygen atoms in total. The van der Waals surface area contributed by atoms with Crippen LogP contribution < -0.4 is 5.32 Å². The molecule has 0 aromatic heterocycles. The van der Waals surface area contributed by atoms with Gasteiger partial charge in [-0.05, 0) is 26.3 Å². The number of ether oxygens (including phenoxy) is 1. The Kier molecular flexibility index (Phi) is 10.7. The van der Waals surface area contributed by atoms with Crippen molar-refractivity contribution in [3.8, 4) is 0 Å². The maximum absolute atomic E-state index is 12.0. The minimum atomic E-state index is -0.369. The van der Waals surface area contributed by atoms with Crippen molar-refractivity contribution in [3.63, 3.8) is 0 Å². The number of rotatable bonds is 12. The molecule has 5 heteroatoms. The average molecular weight is 351 g/mol. The zero-order chi connectivity index (χ0) is 18.5. The molecule has 0 radical (unpaired) electrons. The maximum Gasteiger partial charge on any atom is 0.307 e. The molecule has 1 aliphatic rings. The number of esters is 1. The third-order valence-corrected chi connectivity index (χ3v) is 4.31. The number of carbonyl (C=O) groups excluding carboxylic acids is 2. The van der Waals surface area contributed by atoms with E-state index in [0.29, 0.717) is 25.1 Å². The second-order valence-electron chi connectivity index (χ2n) is 6.53. The highest BCUT2D eigenvalue weighted by Crippen LogP contribution is 2.14. The number of unbranched alkanes of at least 4 members (excludes halogenated alkanes) is 6. The molecule has 0 saturated heterocycles. The van der Waals surface area contributed by atoms with E-state index in [-0.39, 0.29) is 18.1 Å². The van der Waals surface area contributed by atoms with E-state index in [4.69, 9.17) is 4.74 Å². The van der Waals surface area contributed by atoms with E-state index in [0.717, 1.165) is 12.8 Å². The van der Waals surface area contributed by atoms with E-state index in [1.807, 2.05) is 31.0 Å². The fourth-order valence-electron chi connectivity index (χ4n) is 2.79. The molecule has 0 bridgehead atoms. The van der Waals surface area contributed by atoms with Crippen LogP contribution in [-0.4, -0.2) is 36.1 Å². The van der Waals surface area contributed by atoms with E-state index in [2.05, 4.69) is 12.2 Å². The number of carbonyl (C=O) groups is 2. The Bertz CT molecular complexity index is 472. The number of nitrogens with one attached hydrogen (secondary N) is 1. The molecule has 0 fully saturated rings. The summed E-state index contributed by atoms with van der Waals surface area (Å²) in [5.41, 5.74) is 0.680. The zero-order valence-corrected chi connectivity index (χ0v) is 16.1. The van der Waals surface area contributed by atoms with E-state index in [9.17, 15) is 9.59 Å². The van der Waals surface area contributed by atoms with Crippen LogP contribution in [0.5, 0.6) is 0 Å². The molecular weight excluding hydrogens is 316 g/mol. The lowest BCUT2D eigenvalue weighted by Gasteiger charge is -2.29. The van der Waals surface area contributed by atoms with Crippen LogP contribution in [0.1, 0.15) is 72.1 Å². The summed E-state index contributed by atoms with van der Waals surface area (Å²) in [6.45, 7) is 7.00. The molecule has 25 heavy (non-hydrogen) atoms. The van der Waals surface area contributed by atoms with Crippen LogP contribution >= 0.6 is 0 Å². The molecule has 0 aromatic rings. The lowest BCUT2D eigenvalue weighted by Crippen LogP contribution is -2.38. The first-order chi connectivity index (χ1) is 12.1. The van der Waals surface area contributed by atoms with Gasteiger partial charge in [-0.3, -0.25) is 9.59 Å². The largest absolute Gasteiger partial charge is 0.442 e. The first-order valence-corrected chi connectivity index (χ1v) is 9.69. The van der Waals surface area contributed by atoms with Crippen molar-refractivity contribution in [1.82, 2.24) is 10.2 Å². The first-order valence-electron chi connectivity index (χ1n) is 9.69. The highest BCUT2D eigenvalue weighted by Gasteiger charge is 2.20. The molecule has 142 valence electrons. The lowest BCUT2D eigenvalue weighted by atomic mass is 10.1. The molecule has 1 N–H and O–H groups in total. The third kappa shape index (κ3) is 8.75. The van der Waals surface area contributed by atoms with Gasteiger partial charge in [0.05, 0.1) is 6.54 Å². The zero-order valence-electron chi connectivity index (χ0n) is 16.1. The Morgan fingerprint density at radius 2 is 1.84 bits per heavy atom. The number of nitrogens with zero attached hydrogens (tertiary/aromatic N) is 1. The van der Waals surface area contributed by atoms with Crippen LogP contribution in [0.25, 0.3) is 0 Å². The topological polar surface area (TPSA) is 58.6 Å². The normalized spacial score (nSPS) is 14.8. The summed E-state index contributed by atoms with van der Waals surface area (Å²) in [6, 6.07) is 0. The fraction of sp³-hybridized carbons (Fsp3) is 0.700. The average Bonchev–Trinajstić information content (AvgIpc) is 2.61. The molecule has 1 heterocycles. The van der Waals surface area contributed by atoms with E-state index in [1.165, 1.54) is 32.1 Å². The van der Waals surface area contributed by atoms with Gasteiger partial charge in [-0.25, -0.2) is 0 Å². The number of allylic oxidation sites excluding steroid dienone is 2. The molecule has 0 saturated carbocycles. The van der Waals surface area contributed by atoms with Crippen LogP contribution in [0.2, 0.25) is 0 Å². The number of hydrogen-bond donors (Lipinski definition) is 1. The molecule has 1 unspecified atom stereocenters. The van der Waals surface area contributed by atoms with Gasteiger partial charge in [0.2, 0.25) is 5.91 Å². The molecule has 0 spiro atoms. The number of likely N-dealkylation sites (N-methyl/N-ethyl adjacent to an activating group) is 1. The second kappa shape index (κ2) is 12.6. The van der Waals surface area contributed by atoms with Gasteiger partial charge in [0.1, 0.15) is 0 Å². The quantitative estimate of drug-likeness (QED) is 0.428. The van der Waals surface area contributed by atoms with Crippen molar-refractivity contribution in [3.05, 3.63) is 23.9 Å². The summed E-state index contributed by atoms with van der Waals surface area (Å²) in [5.74, 6) is -0.234. The summed E-state index contributed by atoms with van der Waals surface area (Å²) in [5, 5.41) is 2.79. The van der Waals surface area contributed by atoms with Gasteiger partial charge in [0.25, 0.3) is 0 Å². The van der Waals surface area contributed by atoms with Crippen LogP contribution in [0.15, 0.2) is 23.9 Å². The Labute approximate surface area is 152 Å². The maximum atomic E-state index is 12.0. The first kappa shape index (κ1) is 21.3. The molecular formula is C20H34N2O3. The van der Waals surface area contributed by atoms with Gasteiger partial charge in [-0.15, -0.1) is 0 Å². The van der Waals surface area contributed by atoms with Crippen LogP contribution in [-0.2, 0) is 14.3 Å². The second-order valence-corrected chi connectivity index (χ2v) is 6.53. The van der Waals surface area contributed by atoms with Crippen molar-refractivity contribution >= 4 is 11.9 Å². The predicted octanol–water partition coefficient (Wildman–Crippen LogP) is 3.91. The van der Waals surface area contributed by atoms with Crippen LogP contribution in [0, 0.1) is 0 Å². The smallest absolute Gasteiger partial charge is 0.307 e. The van der Waals surface area contributed by atoms with Crippen molar-refractivity contribution in [2.24, 2.45) is 0 Å². The van der Waals surface area contributed by atoms with Crippen LogP contribution in [0.4, 0.5) is 0 Å². The summed E-state index contributed by atoms with van der Waals surface area (Å²) in [7, 11) is 0. The minimum absolute atomic E-state index is 0.0709. The highest BCUT2D eigenvalue weighted by molar-refractivity contribution is 5.94. The minimum Gasteiger partial charge on any atom is -0.442 e. The van der Waals surface area contributed by atoms with Crippen molar-refractivity contribution in [1.29, 1.82) is 0 Å². The molecule has 1 amide bonds. The van der Waals surface area contributed by atoms with Gasteiger partial charge >= 0.3 is 5.97 Å². The Morgan fingerprint density at radius 1 is 1.16 bits per heavy atom. The highest BCUT2D eigenvalue weighted by atomic mass is 16.6. The van der Waals surface area contributed by atoms with Crippen molar-refractivity contribution in [2.75, 3.05) is 13.1 Å². The van der Waals surface area contributed by atoms with Gasteiger partial charge in [-0.2, -0.15) is 0 Å². The van der Waals surface area contributed by atoms with Crippen molar-refractivity contribution < 1.29 is 14.3 Å². The summed E-state index contributed by atoms with van der Waals surface area (Å²) >= 11 is 0. The van der Waals surface area contributed by atoms with Crippen LogP contribution in [0.3, 0.4) is 0 Å². The van der Waals surface area contributed by atoms with E-state index >= 15 is 0 Å². The molecule has 1 rings (SSSR count). The monoisotopic (exact) mass is 350 g/mol. The van der Waals surface area contributed by atoms with Gasteiger partial charge in [0.15, 0.2) is 6.23 Å². The van der Waals surface area contributed by atoms with Gasteiger partial charge in [0, 0.05) is 24.7 Å². The molecule has 0 aromatic carbocycles. The molecule has 1 atom stereocenters. The van der Waals surface area contributed by atoms with Gasteiger partial charge < -0.3 is 15.0 Å². The van der Waals surface area contributed by atoms with E-state index < -0.39 is 0 Å².